The van der Waals surface area contributed by atoms with Crippen molar-refractivity contribution in [1.82, 2.24) is 34.5 Å². The number of carbonyl (C=O) groups excluding carboxylic acids is 3. The number of carbonyl (C=O) groups is 3. The Labute approximate surface area is 289 Å². The van der Waals surface area contributed by atoms with Crippen LogP contribution >= 0.6 is 11.6 Å². The minimum absolute atomic E-state index is 0.0658. The molecule has 2 saturated heterocycles. The highest BCUT2D eigenvalue weighted by atomic mass is 35.5. The number of hydrogen-bond acceptors (Lipinski definition) is 8. The lowest BCUT2D eigenvalue weighted by Gasteiger charge is -2.42. The van der Waals surface area contributed by atoms with Gasteiger partial charge in [-0.15, -0.1) is 0 Å². The number of likely N-dealkylation sites (tertiary alicyclic amines) is 1. The van der Waals surface area contributed by atoms with E-state index in [2.05, 4.69) is 25.4 Å². The predicted octanol–water partition coefficient (Wildman–Crippen LogP) is 2.91. The van der Waals surface area contributed by atoms with Gasteiger partial charge in [0.25, 0.3) is 11.8 Å². The van der Waals surface area contributed by atoms with Crippen molar-refractivity contribution in [2.45, 2.75) is 18.7 Å². The Bertz CT molecular complexity index is 1920. The molecule has 2 atom stereocenters. The van der Waals surface area contributed by atoms with Gasteiger partial charge in [0, 0.05) is 44.5 Å². The van der Waals surface area contributed by atoms with E-state index in [4.69, 9.17) is 17.3 Å². The second-order valence-corrected chi connectivity index (χ2v) is 13.4. The number of halogens is 4. The zero-order valence-electron chi connectivity index (χ0n) is 27.1. The zero-order valence-corrected chi connectivity index (χ0v) is 27.9. The van der Waals surface area contributed by atoms with Gasteiger partial charge >= 0.3 is 6.18 Å². The number of rotatable bonds is 6. The van der Waals surface area contributed by atoms with Crippen LogP contribution in [0.3, 0.4) is 0 Å². The third kappa shape index (κ3) is 7.29. The summed E-state index contributed by atoms with van der Waals surface area (Å²) in [5, 5.41) is 16.9. The molecule has 18 heteroatoms. The molecular weight excluding hydrogens is 681 g/mol. The van der Waals surface area contributed by atoms with Crippen LogP contribution in [-0.4, -0.2) is 121 Å². The molecule has 0 bridgehead atoms. The van der Waals surface area contributed by atoms with Crippen LogP contribution in [0.2, 0.25) is 5.02 Å². The zero-order chi connectivity index (χ0) is 36.0. The smallest absolute Gasteiger partial charge is 0.397 e. The van der Waals surface area contributed by atoms with E-state index in [1.165, 1.54) is 36.5 Å². The summed E-state index contributed by atoms with van der Waals surface area (Å²) in [5.74, 6) is -1.84. The fraction of sp³-hybridized carbons (Fsp3) is 0.375. The third-order valence-corrected chi connectivity index (χ3v) is 9.23. The normalized spacial score (nSPS) is 19.3. The van der Waals surface area contributed by atoms with Crippen LogP contribution in [-0.2, 0) is 11.0 Å². The third-order valence-electron chi connectivity index (χ3n) is 8.91. The number of nitrogens with two attached hydrogens (primary N) is 1. The van der Waals surface area contributed by atoms with Gasteiger partial charge in [-0.25, -0.2) is 14.6 Å². The first-order valence-corrected chi connectivity index (χ1v) is 16.1. The number of imidazole rings is 1. The minimum Gasteiger partial charge on any atom is -0.397 e. The van der Waals surface area contributed by atoms with E-state index in [1.54, 1.807) is 9.80 Å². The van der Waals surface area contributed by atoms with Crippen molar-refractivity contribution in [1.29, 1.82) is 0 Å². The van der Waals surface area contributed by atoms with Gasteiger partial charge in [0.2, 0.25) is 5.91 Å². The number of alkyl halides is 3. The molecule has 6 rings (SSSR count). The van der Waals surface area contributed by atoms with Gasteiger partial charge in [-0.1, -0.05) is 11.6 Å². The largest absolute Gasteiger partial charge is 0.435 e. The Morgan fingerprint density at radius 1 is 1.06 bits per heavy atom. The van der Waals surface area contributed by atoms with E-state index < -0.39 is 29.8 Å². The number of aromatic amines is 1. The number of H-pyrrole nitrogens is 1. The molecule has 4 aromatic rings. The van der Waals surface area contributed by atoms with Crippen LogP contribution in [0.5, 0.6) is 0 Å². The maximum absolute atomic E-state index is 13.9. The Kier molecular flexibility index (Phi) is 9.32. The first kappa shape index (κ1) is 34.8. The Balaban J connectivity index is 1.09. The average Bonchev–Trinajstić information content (AvgIpc) is 3.73. The maximum atomic E-state index is 13.9. The summed E-state index contributed by atoms with van der Waals surface area (Å²) in [5.41, 5.74) is 4.69. The van der Waals surface area contributed by atoms with Gasteiger partial charge in [-0.3, -0.25) is 14.4 Å². The van der Waals surface area contributed by atoms with E-state index in [-0.39, 0.29) is 64.1 Å². The molecule has 0 radical (unpaired) electrons. The molecule has 3 amide bonds. The number of aliphatic hydroxyl groups is 1. The molecule has 1 aromatic carbocycles. The minimum atomic E-state index is -4.82. The lowest BCUT2D eigenvalue weighted by atomic mass is 9.91. The molecule has 2 aliphatic heterocycles. The van der Waals surface area contributed by atoms with Crippen LogP contribution in [0.25, 0.3) is 17.1 Å². The highest BCUT2D eigenvalue weighted by molar-refractivity contribution is 6.34. The second-order valence-electron chi connectivity index (χ2n) is 13.0. The van der Waals surface area contributed by atoms with Crippen molar-refractivity contribution in [3.05, 3.63) is 71.0 Å². The number of nitrogens with zero attached hydrogens (tertiary/aromatic N) is 7. The molecule has 5 N–H and O–H groups in total. The Morgan fingerprint density at radius 2 is 1.78 bits per heavy atom. The first-order chi connectivity index (χ1) is 23.6. The topological polar surface area (TPSA) is 175 Å². The molecule has 0 unspecified atom stereocenters. The van der Waals surface area contributed by atoms with Crippen LogP contribution in [0.15, 0.2) is 48.9 Å². The summed E-state index contributed by atoms with van der Waals surface area (Å²) >= 11 is 6.45. The van der Waals surface area contributed by atoms with Crippen molar-refractivity contribution < 1.29 is 37.1 Å². The number of piperazine rings is 1. The monoisotopic (exact) mass is 715 g/mol. The summed E-state index contributed by atoms with van der Waals surface area (Å²) in [4.78, 5) is 53.3. The van der Waals surface area contributed by atoms with Crippen LogP contribution in [0.1, 0.15) is 33.1 Å². The highest BCUT2D eigenvalue weighted by Crippen LogP contribution is 2.36. The standard InChI is InChI=1S/C32H34ClF3N10O4/c1-46(2)12-7-21(25(47)17-46)31(50)44-10-8-43(9-11-44)30(49)20-5-4-19(13-23(20)33)40-29(48)28-39-15-24(41-28)22-16-45(42-27(22)32(34,35)36)26-6-3-18(37)14-38-26/h3-6,13-16,21,25,47H,7-12,17,37H2,1-2H3,(H-,39,40,41,48,49)/p+1/t21-,25+/m1/s1. The van der Waals surface area contributed by atoms with Crippen molar-refractivity contribution in [3.8, 4) is 17.1 Å². The molecule has 3 aromatic heterocycles. The van der Waals surface area contributed by atoms with E-state index in [9.17, 15) is 32.7 Å². The number of pyridine rings is 1. The summed E-state index contributed by atoms with van der Waals surface area (Å²) < 4.78 is 43.3. The maximum Gasteiger partial charge on any atom is 0.435 e. The molecule has 5 heterocycles. The number of hydrogen-bond donors (Lipinski definition) is 4. The second kappa shape index (κ2) is 13.4. The first-order valence-electron chi connectivity index (χ1n) is 15.7. The van der Waals surface area contributed by atoms with Crippen molar-refractivity contribution in [2.24, 2.45) is 5.92 Å². The highest BCUT2D eigenvalue weighted by Gasteiger charge is 2.41. The van der Waals surface area contributed by atoms with E-state index in [1.807, 2.05) is 14.1 Å². The molecule has 0 aliphatic carbocycles. The van der Waals surface area contributed by atoms with Gasteiger partial charge < -0.3 is 35.4 Å². The number of nitrogen functional groups attached to an aromatic ring is 1. The molecule has 0 saturated carbocycles. The van der Waals surface area contributed by atoms with Crippen LogP contribution < -0.4 is 11.1 Å². The Hall–Kier alpha value is -5.00. The average molecular weight is 716 g/mol. The van der Waals surface area contributed by atoms with Gasteiger partial charge in [0.1, 0.15) is 12.6 Å². The van der Waals surface area contributed by atoms with Gasteiger partial charge in [-0.2, -0.15) is 18.3 Å². The van der Waals surface area contributed by atoms with Gasteiger partial charge in [0.15, 0.2) is 17.3 Å². The number of amides is 3. The number of aliphatic hydroxyl groups excluding tert-OH is 1. The quantitative estimate of drug-likeness (QED) is 0.221. The summed E-state index contributed by atoms with van der Waals surface area (Å²) in [6.45, 7) is 2.53. The van der Waals surface area contributed by atoms with Crippen molar-refractivity contribution in [2.75, 3.05) is 64.4 Å². The van der Waals surface area contributed by atoms with Crippen LogP contribution in [0, 0.1) is 5.92 Å². The van der Waals surface area contributed by atoms with E-state index in [0.717, 1.165) is 23.6 Å². The summed E-state index contributed by atoms with van der Waals surface area (Å²) in [6.07, 6.45) is -1.46. The molecular formula is C32H35ClF3N10O4+. The van der Waals surface area contributed by atoms with Crippen molar-refractivity contribution in [3.63, 3.8) is 0 Å². The molecule has 2 aliphatic rings. The SMILES string of the molecule is C[N+]1(C)CC[C@@H](C(=O)N2CCN(C(=O)c3ccc(NC(=O)c4ncc(-c5cn(-c6ccc(N)cn6)nc5C(F)(F)F)[nH]4)cc3Cl)CC2)[C@@H](O)C1. The molecule has 14 nitrogen and oxygen atoms in total. The number of aromatic nitrogens is 5. The molecule has 0 spiro atoms. The number of anilines is 2. The van der Waals surface area contributed by atoms with Gasteiger partial charge in [0.05, 0.1) is 66.5 Å². The number of piperidine rings is 1. The van der Waals surface area contributed by atoms with Gasteiger partial charge in [-0.05, 0) is 30.3 Å². The lowest BCUT2D eigenvalue weighted by molar-refractivity contribution is -0.899. The Morgan fingerprint density at radius 3 is 2.42 bits per heavy atom. The van der Waals surface area contributed by atoms with E-state index >= 15 is 0 Å². The molecule has 264 valence electrons. The lowest BCUT2D eigenvalue weighted by Crippen LogP contribution is -2.58. The number of nitrogens with one attached hydrogen (secondary N) is 2. The number of quaternary nitrogens is 1. The molecule has 2 fully saturated rings. The van der Waals surface area contributed by atoms with Crippen LogP contribution in [0.4, 0.5) is 24.5 Å². The number of likely N-dealkylation sites (N-methyl/N-ethyl adjacent to an activating group) is 1. The number of benzene rings is 1. The predicted molar refractivity (Wildman–Crippen MR) is 176 cm³/mol. The van der Waals surface area contributed by atoms with E-state index in [0.29, 0.717) is 36.2 Å². The fourth-order valence-corrected chi connectivity index (χ4v) is 6.45. The summed E-state index contributed by atoms with van der Waals surface area (Å²) in [6, 6.07) is 7.19. The fourth-order valence-electron chi connectivity index (χ4n) is 6.19. The van der Waals surface area contributed by atoms with Crippen molar-refractivity contribution >= 4 is 40.7 Å². The summed E-state index contributed by atoms with van der Waals surface area (Å²) in [7, 11) is 4.04. The molecule has 50 heavy (non-hydrogen) atoms.